The van der Waals surface area contributed by atoms with Gasteiger partial charge in [-0.05, 0) is 32.6 Å². The molecule has 0 aromatic rings. The average Bonchev–Trinajstić information content (AvgIpc) is 2.02. The number of hydrogen-bond acceptors (Lipinski definition) is 2. The molecule has 70 valence electrons. The van der Waals surface area contributed by atoms with Gasteiger partial charge in [-0.15, -0.1) is 0 Å². The second kappa shape index (κ2) is 12.6. The van der Waals surface area contributed by atoms with Crippen molar-refractivity contribution in [1.29, 1.82) is 0 Å². The van der Waals surface area contributed by atoms with E-state index < -0.39 is 0 Å². The zero-order valence-corrected chi connectivity index (χ0v) is 8.56. The third kappa shape index (κ3) is 13.0. The third-order valence-electron chi connectivity index (χ3n) is 1.43. The predicted molar refractivity (Wildman–Crippen MR) is 52.8 cm³/mol. The van der Waals surface area contributed by atoms with Crippen molar-refractivity contribution in [3.8, 4) is 0 Å². The quantitative estimate of drug-likeness (QED) is 0.678. The SMILES string of the molecule is CCCN(CC)CC.CCN. The minimum atomic E-state index is 0.750. The Morgan fingerprint density at radius 1 is 1.00 bits per heavy atom. The molecule has 0 aliphatic heterocycles. The first-order chi connectivity index (χ1) is 5.26. The second-order valence-electron chi connectivity index (χ2n) is 2.44. The molecule has 0 amide bonds. The Morgan fingerprint density at radius 3 is 1.45 bits per heavy atom. The molecule has 11 heavy (non-hydrogen) atoms. The first-order valence-corrected chi connectivity index (χ1v) is 4.69. The molecule has 0 heterocycles. The highest BCUT2D eigenvalue weighted by Crippen LogP contribution is 1.87. The van der Waals surface area contributed by atoms with Crippen molar-refractivity contribution in [3.63, 3.8) is 0 Å². The summed E-state index contributed by atoms with van der Waals surface area (Å²) in [5.41, 5.74) is 4.85. The van der Waals surface area contributed by atoms with Crippen LogP contribution in [0.2, 0.25) is 0 Å². The topological polar surface area (TPSA) is 29.3 Å². The summed E-state index contributed by atoms with van der Waals surface area (Å²) < 4.78 is 0. The van der Waals surface area contributed by atoms with Crippen LogP contribution in [0.4, 0.5) is 0 Å². The van der Waals surface area contributed by atoms with Crippen molar-refractivity contribution < 1.29 is 0 Å². The monoisotopic (exact) mass is 160 g/mol. The molecule has 0 aliphatic carbocycles. The van der Waals surface area contributed by atoms with Gasteiger partial charge in [-0.3, -0.25) is 0 Å². The van der Waals surface area contributed by atoms with Gasteiger partial charge in [0.05, 0.1) is 0 Å². The van der Waals surface area contributed by atoms with Gasteiger partial charge in [-0.1, -0.05) is 27.7 Å². The van der Waals surface area contributed by atoms with Gasteiger partial charge in [0, 0.05) is 0 Å². The maximum absolute atomic E-state index is 4.85. The van der Waals surface area contributed by atoms with Gasteiger partial charge in [-0.25, -0.2) is 0 Å². The Labute approximate surface area is 71.8 Å². The van der Waals surface area contributed by atoms with E-state index in [0.717, 1.165) is 6.54 Å². The molecule has 0 aliphatic rings. The van der Waals surface area contributed by atoms with Crippen molar-refractivity contribution in [2.24, 2.45) is 5.73 Å². The highest BCUT2D eigenvalue weighted by Gasteiger charge is 1.92. The van der Waals surface area contributed by atoms with E-state index in [4.69, 9.17) is 5.73 Å². The highest BCUT2D eigenvalue weighted by molar-refractivity contribution is 4.47. The first kappa shape index (κ1) is 13.5. The van der Waals surface area contributed by atoms with Gasteiger partial charge in [0.25, 0.3) is 0 Å². The molecule has 0 saturated heterocycles. The number of nitrogens with zero attached hydrogens (tertiary/aromatic N) is 1. The van der Waals surface area contributed by atoms with E-state index in [-0.39, 0.29) is 0 Å². The van der Waals surface area contributed by atoms with Crippen LogP contribution in [0.5, 0.6) is 0 Å². The summed E-state index contributed by atoms with van der Waals surface area (Å²) in [6, 6.07) is 0. The van der Waals surface area contributed by atoms with Gasteiger partial charge in [0.2, 0.25) is 0 Å². The van der Waals surface area contributed by atoms with Crippen LogP contribution < -0.4 is 5.73 Å². The summed E-state index contributed by atoms with van der Waals surface area (Å²) in [4.78, 5) is 2.43. The van der Waals surface area contributed by atoms with Gasteiger partial charge in [-0.2, -0.15) is 0 Å². The van der Waals surface area contributed by atoms with Gasteiger partial charge >= 0.3 is 0 Å². The molecule has 2 N–H and O–H groups in total. The van der Waals surface area contributed by atoms with E-state index in [9.17, 15) is 0 Å². The van der Waals surface area contributed by atoms with Gasteiger partial charge < -0.3 is 10.6 Å². The lowest BCUT2D eigenvalue weighted by molar-refractivity contribution is 0.304. The Morgan fingerprint density at radius 2 is 1.36 bits per heavy atom. The maximum atomic E-state index is 4.85. The molecule has 0 spiro atoms. The van der Waals surface area contributed by atoms with Crippen LogP contribution in [0.25, 0.3) is 0 Å². The lowest BCUT2D eigenvalue weighted by Gasteiger charge is -2.15. The van der Waals surface area contributed by atoms with E-state index in [0.29, 0.717) is 0 Å². The van der Waals surface area contributed by atoms with Crippen LogP contribution >= 0.6 is 0 Å². The lowest BCUT2D eigenvalue weighted by Crippen LogP contribution is -2.23. The Kier molecular flexibility index (Phi) is 15.4. The van der Waals surface area contributed by atoms with Crippen molar-refractivity contribution >= 4 is 0 Å². The molecule has 2 heteroatoms. The molecule has 0 aromatic carbocycles. The first-order valence-electron chi connectivity index (χ1n) is 4.69. The summed E-state index contributed by atoms with van der Waals surface area (Å²) in [7, 11) is 0. The Bertz CT molecular complexity index is 51.5. The normalized spacial score (nSPS) is 9.27. The fourth-order valence-electron chi connectivity index (χ4n) is 0.856. The van der Waals surface area contributed by atoms with Crippen LogP contribution in [0, 0.1) is 0 Å². The Hall–Kier alpha value is -0.0800. The predicted octanol–water partition coefficient (Wildman–Crippen LogP) is 1.70. The Balaban J connectivity index is 0. The molecular formula is C9H24N2. The minimum Gasteiger partial charge on any atom is -0.331 e. The fourth-order valence-corrected chi connectivity index (χ4v) is 0.856. The van der Waals surface area contributed by atoms with Crippen molar-refractivity contribution in [3.05, 3.63) is 0 Å². The zero-order chi connectivity index (χ0) is 9.11. The molecule has 0 atom stereocenters. The fraction of sp³-hybridized carbons (Fsp3) is 1.00. The van der Waals surface area contributed by atoms with E-state index in [1.54, 1.807) is 0 Å². The molecule has 0 fully saturated rings. The number of nitrogens with two attached hydrogens (primary N) is 1. The van der Waals surface area contributed by atoms with Crippen molar-refractivity contribution in [1.82, 2.24) is 4.90 Å². The molecule has 0 radical (unpaired) electrons. The van der Waals surface area contributed by atoms with Gasteiger partial charge in [0.15, 0.2) is 0 Å². The largest absolute Gasteiger partial charge is 0.331 e. The zero-order valence-electron chi connectivity index (χ0n) is 8.56. The summed E-state index contributed by atoms with van der Waals surface area (Å²) in [6.45, 7) is 12.9. The van der Waals surface area contributed by atoms with Crippen LogP contribution in [0.3, 0.4) is 0 Å². The molecular weight excluding hydrogens is 136 g/mol. The molecule has 0 saturated carbocycles. The van der Waals surface area contributed by atoms with E-state index >= 15 is 0 Å². The molecule has 0 rings (SSSR count). The lowest BCUT2D eigenvalue weighted by atomic mass is 10.4. The standard InChI is InChI=1S/C7H17N.C2H7N/c1-4-7-8(5-2)6-3;1-2-3/h4-7H2,1-3H3;2-3H2,1H3. The van der Waals surface area contributed by atoms with E-state index in [1.807, 2.05) is 6.92 Å². The number of rotatable bonds is 4. The van der Waals surface area contributed by atoms with E-state index in [2.05, 4.69) is 25.7 Å². The third-order valence-corrected chi connectivity index (χ3v) is 1.43. The van der Waals surface area contributed by atoms with Crippen molar-refractivity contribution in [2.45, 2.75) is 34.1 Å². The van der Waals surface area contributed by atoms with E-state index in [1.165, 1.54) is 26.1 Å². The summed E-state index contributed by atoms with van der Waals surface area (Å²) >= 11 is 0. The van der Waals surface area contributed by atoms with Gasteiger partial charge in [0.1, 0.15) is 0 Å². The summed E-state index contributed by atoms with van der Waals surface area (Å²) in [6.07, 6.45) is 1.28. The summed E-state index contributed by atoms with van der Waals surface area (Å²) in [5.74, 6) is 0. The maximum Gasteiger partial charge on any atom is -0.00216 e. The second-order valence-corrected chi connectivity index (χ2v) is 2.44. The summed E-state index contributed by atoms with van der Waals surface area (Å²) in [5, 5.41) is 0. The smallest absolute Gasteiger partial charge is 0.00216 e. The molecule has 0 bridgehead atoms. The van der Waals surface area contributed by atoms with Crippen LogP contribution in [0.1, 0.15) is 34.1 Å². The van der Waals surface area contributed by atoms with Crippen LogP contribution in [0.15, 0.2) is 0 Å². The molecule has 0 aromatic heterocycles. The van der Waals surface area contributed by atoms with Crippen molar-refractivity contribution in [2.75, 3.05) is 26.2 Å². The average molecular weight is 160 g/mol. The highest BCUT2D eigenvalue weighted by atomic mass is 15.1. The molecule has 0 unspecified atom stereocenters. The van der Waals surface area contributed by atoms with Crippen LogP contribution in [-0.2, 0) is 0 Å². The van der Waals surface area contributed by atoms with Crippen LogP contribution in [-0.4, -0.2) is 31.1 Å². The minimum absolute atomic E-state index is 0.750. The molecule has 2 nitrogen and oxygen atoms in total. The number of hydrogen-bond donors (Lipinski definition) is 1.